The van der Waals surface area contributed by atoms with Crippen LogP contribution in [0.1, 0.15) is 10.9 Å². The van der Waals surface area contributed by atoms with Gasteiger partial charge in [0.1, 0.15) is 11.8 Å². The van der Waals surface area contributed by atoms with Gasteiger partial charge < -0.3 is 10.2 Å². The first-order valence-electron chi connectivity index (χ1n) is 4.67. The quantitative estimate of drug-likeness (QED) is 0.756. The third-order valence-corrected chi connectivity index (χ3v) is 3.93. The summed E-state index contributed by atoms with van der Waals surface area (Å²) in [6.45, 7) is 0. The Morgan fingerprint density at radius 2 is 2.31 bits per heavy atom. The minimum atomic E-state index is -0.878. The summed E-state index contributed by atoms with van der Waals surface area (Å²) < 4.78 is 0. The molecule has 86 valence electrons. The van der Waals surface area contributed by atoms with E-state index in [-0.39, 0.29) is 16.1 Å². The molecule has 2 atom stereocenters. The van der Waals surface area contributed by atoms with E-state index in [9.17, 15) is 9.90 Å². The van der Waals surface area contributed by atoms with Crippen molar-refractivity contribution in [2.24, 2.45) is 0 Å². The molecule has 0 spiro atoms. The summed E-state index contributed by atoms with van der Waals surface area (Å²) in [7, 11) is 0. The maximum absolute atomic E-state index is 10.8. The number of para-hydroxylation sites is 1. The highest BCUT2D eigenvalue weighted by Gasteiger charge is 2.31. The van der Waals surface area contributed by atoms with Gasteiger partial charge in [0.25, 0.3) is 0 Å². The van der Waals surface area contributed by atoms with E-state index >= 15 is 0 Å². The number of hydrogen-bond acceptors (Lipinski definition) is 4. The molecule has 1 aromatic rings. The summed E-state index contributed by atoms with van der Waals surface area (Å²) in [5, 5.41) is 21.6. The van der Waals surface area contributed by atoms with Gasteiger partial charge in [-0.2, -0.15) is 0 Å². The molecule has 3 N–H and O–H groups in total. The molecule has 2 rings (SSSR count). The van der Waals surface area contributed by atoms with Crippen molar-refractivity contribution in [3.63, 3.8) is 0 Å². The van der Waals surface area contributed by atoms with Gasteiger partial charge in [-0.05, 0) is 6.07 Å². The molecule has 0 saturated carbocycles. The van der Waals surface area contributed by atoms with Crippen LogP contribution in [-0.4, -0.2) is 28.0 Å². The van der Waals surface area contributed by atoms with Gasteiger partial charge in [0.15, 0.2) is 0 Å². The van der Waals surface area contributed by atoms with Crippen LogP contribution in [0.15, 0.2) is 18.2 Å². The van der Waals surface area contributed by atoms with Crippen LogP contribution in [0.25, 0.3) is 0 Å². The molecule has 0 aromatic heterocycles. The molecule has 1 aliphatic heterocycles. The smallest absolute Gasteiger partial charge is 0.321 e. The second-order valence-electron chi connectivity index (χ2n) is 3.45. The van der Waals surface area contributed by atoms with Crippen molar-refractivity contribution in [1.82, 2.24) is 5.32 Å². The van der Waals surface area contributed by atoms with Crippen LogP contribution in [-0.2, 0) is 4.79 Å². The summed E-state index contributed by atoms with van der Waals surface area (Å²) in [6.07, 6.45) is 0. The van der Waals surface area contributed by atoms with Crippen LogP contribution in [0.3, 0.4) is 0 Å². The number of phenols is 1. The Morgan fingerprint density at radius 3 is 2.94 bits per heavy atom. The molecule has 0 amide bonds. The maximum Gasteiger partial charge on any atom is 0.321 e. The van der Waals surface area contributed by atoms with Crippen LogP contribution in [0, 0.1) is 0 Å². The lowest BCUT2D eigenvalue weighted by molar-refractivity contribution is -0.138. The zero-order valence-electron chi connectivity index (χ0n) is 8.18. The van der Waals surface area contributed by atoms with Crippen molar-refractivity contribution in [2.45, 2.75) is 11.4 Å². The largest absolute Gasteiger partial charge is 0.506 e. The average Bonchev–Trinajstić information content (AvgIpc) is 2.71. The Kier molecular flexibility index (Phi) is 3.28. The average molecular weight is 260 g/mol. The van der Waals surface area contributed by atoms with E-state index in [1.165, 1.54) is 11.8 Å². The number of aromatic hydroxyl groups is 1. The van der Waals surface area contributed by atoms with Gasteiger partial charge >= 0.3 is 5.97 Å². The first-order chi connectivity index (χ1) is 7.59. The molecular weight excluding hydrogens is 250 g/mol. The SMILES string of the molecule is O=C(O)C1CSC(c2cccc(Cl)c2O)N1. The van der Waals surface area contributed by atoms with Crippen molar-refractivity contribution in [3.8, 4) is 5.75 Å². The van der Waals surface area contributed by atoms with E-state index in [0.717, 1.165) is 0 Å². The molecule has 0 radical (unpaired) electrons. The molecule has 1 aromatic carbocycles. The van der Waals surface area contributed by atoms with Gasteiger partial charge in [-0.15, -0.1) is 11.8 Å². The number of thioether (sulfide) groups is 1. The minimum Gasteiger partial charge on any atom is -0.506 e. The van der Waals surface area contributed by atoms with Crippen LogP contribution in [0.5, 0.6) is 5.75 Å². The van der Waals surface area contributed by atoms with Gasteiger partial charge in [0.2, 0.25) is 0 Å². The third kappa shape index (κ3) is 2.11. The molecular formula is C10H10ClNO3S. The molecule has 6 heteroatoms. The summed E-state index contributed by atoms with van der Waals surface area (Å²) in [5.74, 6) is -0.386. The number of carboxylic acids is 1. The Balaban J connectivity index is 2.21. The van der Waals surface area contributed by atoms with Crippen molar-refractivity contribution in [1.29, 1.82) is 0 Å². The van der Waals surface area contributed by atoms with Crippen LogP contribution in [0.4, 0.5) is 0 Å². The highest BCUT2D eigenvalue weighted by Crippen LogP contribution is 2.39. The topological polar surface area (TPSA) is 69.6 Å². The molecule has 16 heavy (non-hydrogen) atoms. The fraction of sp³-hybridized carbons (Fsp3) is 0.300. The number of carbonyl (C=O) groups is 1. The van der Waals surface area contributed by atoms with Crippen LogP contribution in [0.2, 0.25) is 5.02 Å². The number of aliphatic carboxylic acids is 1. The molecule has 2 unspecified atom stereocenters. The Labute approximate surface area is 102 Å². The number of hydrogen-bond donors (Lipinski definition) is 3. The first kappa shape index (κ1) is 11.6. The zero-order valence-corrected chi connectivity index (χ0v) is 9.76. The van der Waals surface area contributed by atoms with E-state index in [2.05, 4.69) is 5.32 Å². The van der Waals surface area contributed by atoms with E-state index in [1.54, 1.807) is 18.2 Å². The first-order valence-corrected chi connectivity index (χ1v) is 6.10. The van der Waals surface area contributed by atoms with E-state index in [1.807, 2.05) is 0 Å². The third-order valence-electron chi connectivity index (χ3n) is 2.38. The van der Waals surface area contributed by atoms with Crippen molar-refractivity contribution in [2.75, 3.05) is 5.75 Å². The lowest BCUT2D eigenvalue weighted by Gasteiger charge is -2.13. The molecule has 4 nitrogen and oxygen atoms in total. The molecule has 1 fully saturated rings. The lowest BCUT2D eigenvalue weighted by atomic mass is 10.2. The van der Waals surface area contributed by atoms with Crippen LogP contribution < -0.4 is 5.32 Å². The van der Waals surface area contributed by atoms with E-state index in [0.29, 0.717) is 11.3 Å². The highest BCUT2D eigenvalue weighted by molar-refractivity contribution is 7.99. The Hall–Kier alpha value is -0.910. The summed E-state index contributed by atoms with van der Waals surface area (Å²) in [6, 6.07) is 4.48. The zero-order chi connectivity index (χ0) is 11.7. The normalized spacial score (nSPS) is 24.6. The number of nitrogens with one attached hydrogen (secondary N) is 1. The number of halogens is 1. The van der Waals surface area contributed by atoms with Gasteiger partial charge in [-0.1, -0.05) is 23.7 Å². The number of carboxylic acid groups (broad SMARTS) is 1. The highest BCUT2D eigenvalue weighted by atomic mass is 35.5. The Bertz CT molecular complexity index is 427. The predicted octanol–water partition coefficient (Wildman–Crippen LogP) is 1.83. The second kappa shape index (κ2) is 4.53. The number of rotatable bonds is 2. The number of phenolic OH excluding ortho intramolecular Hbond substituents is 1. The monoisotopic (exact) mass is 259 g/mol. The van der Waals surface area contributed by atoms with E-state index in [4.69, 9.17) is 16.7 Å². The van der Waals surface area contributed by atoms with Gasteiger partial charge in [-0.25, -0.2) is 0 Å². The van der Waals surface area contributed by atoms with Crippen LogP contribution >= 0.6 is 23.4 Å². The second-order valence-corrected chi connectivity index (χ2v) is 4.99. The molecule has 0 aliphatic carbocycles. The number of benzene rings is 1. The van der Waals surface area contributed by atoms with Gasteiger partial charge in [-0.3, -0.25) is 10.1 Å². The van der Waals surface area contributed by atoms with Gasteiger partial charge in [0.05, 0.1) is 10.4 Å². The van der Waals surface area contributed by atoms with Gasteiger partial charge in [0, 0.05) is 11.3 Å². The molecule has 0 bridgehead atoms. The fourth-order valence-electron chi connectivity index (χ4n) is 1.54. The Morgan fingerprint density at radius 1 is 1.56 bits per heavy atom. The van der Waals surface area contributed by atoms with E-state index < -0.39 is 12.0 Å². The van der Waals surface area contributed by atoms with Crippen molar-refractivity contribution in [3.05, 3.63) is 28.8 Å². The minimum absolute atomic E-state index is 0.0141. The summed E-state index contributed by atoms with van der Waals surface area (Å²) in [5.41, 5.74) is 0.626. The standard InChI is InChI=1S/C10H10ClNO3S/c11-6-3-1-2-5(8(6)13)9-12-7(4-16-9)10(14)15/h1-3,7,9,12-13H,4H2,(H,14,15). The fourth-order valence-corrected chi connectivity index (χ4v) is 2.97. The summed E-state index contributed by atoms with van der Waals surface area (Å²) in [4.78, 5) is 10.8. The van der Waals surface area contributed by atoms with Crippen molar-refractivity contribution >= 4 is 29.3 Å². The maximum atomic E-state index is 10.8. The summed E-state index contributed by atoms with van der Waals surface area (Å²) >= 11 is 7.23. The van der Waals surface area contributed by atoms with Crippen molar-refractivity contribution < 1.29 is 15.0 Å². The predicted molar refractivity (Wildman–Crippen MR) is 62.9 cm³/mol. The molecule has 1 heterocycles. The molecule has 1 saturated heterocycles. The lowest BCUT2D eigenvalue weighted by Crippen LogP contribution is -2.33. The molecule has 1 aliphatic rings.